The molecular formula is C11H7IOS. The summed E-state index contributed by atoms with van der Waals surface area (Å²) in [6.45, 7) is 0. The van der Waals surface area contributed by atoms with Crippen molar-refractivity contribution in [2.24, 2.45) is 0 Å². The highest BCUT2D eigenvalue weighted by molar-refractivity contribution is 14.1. The average Bonchev–Trinajstić information content (AvgIpc) is 2.65. The van der Waals surface area contributed by atoms with Crippen molar-refractivity contribution in [3.05, 3.63) is 44.8 Å². The monoisotopic (exact) mass is 314 g/mol. The van der Waals surface area contributed by atoms with Crippen molar-refractivity contribution >= 4 is 40.2 Å². The van der Waals surface area contributed by atoms with Crippen LogP contribution in [0.2, 0.25) is 0 Å². The molecule has 3 heteroatoms. The van der Waals surface area contributed by atoms with Gasteiger partial charge in [-0.1, -0.05) is 24.3 Å². The minimum Gasteiger partial charge on any atom is -0.298 e. The molecule has 0 fully saturated rings. The van der Waals surface area contributed by atoms with Gasteiger partial charge in [-0.05, 0) is 40.3 Å². The Morgan fingerprint density at radius 2 is 1.79 bits per heavy atom. The van der Waals surface area contributed by atoms with Crippen LogP contribution in [-0.2, 0) is 0 Å². The number of carbonyl (C=O) groups excluding carboxylic acids is 1. The van der Waals surface area contributed by atoms with E-state index in [1.165, 1.54) is 13.3 Å². The molecule has 0 spiro atoms. The van der Waals surface area contributed by atoms with Gasteiger partial charge in [0.15, 0.2) is 0 Å². The molecule has 0 atom stereocenters. The summed E-state index contributed by atoms with van der Waals surface area (Å²) in [6.07, 6.45) is 0.863. The molecular weight excluding hydrogens is 307 g/mol. The topological polar surface area (TPSA) is 17.1 Å². The summed E-state index contributed by atoms with van der Waals surface area (Å²) in [4.78, 5) is 11.7. The molecule has 14 heavy (non-hydrogen) atoms. The molecule has 0 amide bonds. The number of halogens is 1. The summed E-state index contributed by atoms with van der Waals surface area (Å²) in [5.74, 6) is 0. The number of hydrogen-bond acceptors (Lipinski definition) is 2. The molecule has 0 saturated carbocycles. The number of hydrogen-bond donors (Lipinski definition) is 0. The van der Waals surface area contributed by atoms with E-state index in [0.29, 0.717) is 0 Å². The largest absolute Gasteiger partial charge is 0.298 e. The minimum atomic E-state index is 0.722. The number of benzene rings is 1. The van der Waals surface area contributed by atoms with Crippen molar-refractivity contribution in [3.63, 3.8) is 0 Å². The summed E-state index contributed by atoms with van der Waals surface area (Å²) in [5, 5.41) is 0. The van der Waals surface area contributed by atoms with E-state index in [-0.39, 0.29) is 0 Å². The molecule has 1 aromatic carbocycles. The zero-order chi connectivity index (χ0) is 9.97. The molecule has 0 bridgehead atoms. The Morgan fingerprint density at radius 3 is 2.29 bits per heavy atom. The Balaban J connectivity index is 2.38. The molecule has 1 heterocycles. The Morgan fingerprint density at radius 1 is 1.07 bits per heavy atom. The lowest BCUT2D eigenvalue weighted by atomic mass is 10.1. The van der Waals surface area contributed by atoms with Crippen LogP contribution < -0.4 is 0 Å². The Hall–Kier alpha value is -0.680. The highest BCUT2D eigenvalue weighted by Gasteiger charge is 2.00. The summed E-state index contributed by atoms with van der Waals surface area (Å²) in [7, 11) is 0. The first-order valence-electron chi connectivity index (χ1n) is 4.10. The fourth-order valence-electron chi connectivity index (χ4n) is 1.20. The SMILES string of the molecule is O=Cc1ccc(-c2ccc(I)s2)cc1. The fourth-order valence-corrected chi connectivity index (χ4v) is 2.82. The van der Waals surface area contributed by atoms with Crippen LogP contribution in [-0.4, -0.2) is 6.29 Å². The van der Waals surface area contributed by atoms with Crippen LogP contribution in [0.15, 0.2) is 36.4 Å². The van der Waals surface area contributed by atoms with Gasteiger partial charge in [0.1, 0.15) is 6.29 Å². The molecule has 0 unspecified atom stereocenters. The van der Waals surface area contributed by atoms with Gasteiger partial charge in [0.2, 0.25) is 0 Å². The first kappa shape index (κ1) is 9.86. The summed E-state index contributed by atoms with van der Waals surface area (Å²) >= 11 is 4.06. The van der Waals surface area contributed by atoms with Gasteiger partial charge in [-0.2, -0.15) is 0 Å². The summed E-state index contributed by atoms with van der Waals surface area (Å²) < 4.78 is 1.28. The van der Waals surface area contributed by atoms with Crippen LogP contribution in [0.4, 0.5) is 0 Å². The van der Waals surface area contributed by atoms with Crippen molar-refractivity contribution in [3.8, 4) is 10.4 Å². The Labute approximate surface area is 99.9 Å². The maximum absolute atomic E-state index is 10.5. The van der Waals surface area contributed by atoms with Crippen LogP contribution in [0.5, 0.6) is 0 Å². The van der Waals surface area contributed by atoms with Gasteiger partial charge in [0.05, 0.1) is 2.88 Å². The molecule has 2 rings (SSSR count). The first-order valence-corrected chi connectivity index (χ1v) is 6.00. The molecule has 0 N–H and O–H groups in total. The second-order valence-corrected chi connectivity index (χ2v) is 5.82. The smallest absolute Gasteiger partial charge is 0.150 e. The third-order valence-corrected chi connectivity index (χ3v) is 3.85. The van der Waals surface area contributed by atoms with E-state index < -0.39 is 0 Å². The van der Waals surface area contributed by atoms with Crippen molar-refractivity contribution < 1.29 is 4.79 Å². The van der Waals surface area contributed by atoms with Crippen LogP contribution in [0.25, 0.3) is 10.4 Å². The van der Waals surface area contributed by atoms with Gasteiger partial charge in [0.25, 0.3) is 0 Å². The van der Waals surface area contributed by atoms with Gasteiger partial charge in [-0.15, -0.1) is 11.3 Å². The number of carbonyl (C=O) groups is 1. The van der Waals surface area contributed by atoms with Crippen LogP contribution >= 0.6 is 33.9 Å². The lowest BCUT2D eigenvalue weighted by Crippen LogP contribution is -1.78. The zero-order valence-electron chi connectivity index (χ0n) is 7.24. The zero-order valence-corrected chi connectivity index (χ0v) is 10.2. The van der Waals surface area contributed by atoms with E-state index in [9.17, 15) is 4.79 Å². The van der Waals surface area contributed by atoms with Crippen LogP contribution in [0, 0.1) is 2.88 Å². The number of aldehydes is 1. The lowest BCUT2D eigenvalue weighted by molar-refractivity contribution is 0.112. The minimum absolute atomic E-state index is 0.722. The summed E-state index contributed by atoms with van der Waals surface area (Å²) in [5.41, 5.74) is 1.89. The van der Waals surface area contributed by atoms with Crippen molar-refractivity contribution in [1.29, 1.82) is 0 Å². The van der Waals surface area contributed by atoms with Gasteiger partial charge < -0.3 is 0 Å². The lowest BCUT2D eigenvalue weighted by Gasteiger charge is -1.96. The van der Waals surface area contributed by atoms with Crippen molar-refractivity contribution in [2.75, 3.05) is 0 Å². The Kier molecular flexibility index (Phi) is 2.98. The standard InChI is InChI=1S/C11H7IOS/c12-11-6-5-10(14-11)9-3-1-8(7-13)2-4-9/h1-7H. The second-order valence-electron chi connectivity index (χ2n) is 2.84. The van der Waals surface area contributed by atoms with E-state index in [4.69, 9.17) is 0 Å². The molecule has 1 aromatic heterocycles. The van der Waals surface area contributed by atoms with Crippen molar-refractivity contribution in [2.45, 2.75) is 0 Å². The van der Waals surface area contributed by atoms with Crippen LogP contribution in [0.3, 0.4) is 0 Å². The maximum Gasteiger partial charge on any atom is 0.150 e. The summed E-state index contributed by atoms with van der Waals surface area (Å²) in [6, 6.07) is 11.8. The van der Waals surface area contributed by atoms with Gasteiger partial charge in [-0.3, -0.25) is 4.79 Å². The molecule has 2 aromatic rings. The number of rotatable bonds is 2. The van der Waals surface area contributed by atoms with Crippen LogP contribution in [0.1, 0.15) is 10.4 Å². The predicted molar refractivity (Wildman–Crippen MR) is 67.9 cm³/mol. The molecule has 1 nitrogen and oxygen atoms in total. The third-order valence-electron chi connectivity index (χ3n) is 1.90. The average molecular weight is 314 g/mol. The van der Waals surface area contributed by atoms with Gasteiger partial charge in [-0.25, -0.2) is 0 Å². The van der Waals surface area contributed by atoms with Gasteiger partial charge >= 0.3 is 0 Å². The first-order chi connectivity index (χ1) is 6.79. The molecule has 0 radical (unpaired) electrons. The Bertz CT molecular complexity index is 445. The predicted octanol–water partition coefficient (Wildman–Crippen LogP) is 3.83. The molecule has 70 valence electrons. The molecule has 0 saturated heterocycles. The highest BCUT2D eigenvalue weighted by atomic mass is 127. The molecule has 0 aliphatic heterocycles. The van der Waals surface area contributed by atoms with Crippen molar-refractivity contribution in [1.82, 2.24) is 0 Å². The maximum atomic E-state index is 10.5. The highest BCUT2D eigenvalue weighted by Crippen LogP contribution is 2.28. The number of thiophene rings is 1. The van der Waals surface area contributed by atoms with E-state index >= 15 is 0 Å². The van der Waals surface area contributed by atoms with Gasteiger partial charge in [0, 0.05) is 10.4 Å². The fraction of sp³-hybridized carbons (Fsp3) is 0. The van der Waals surface area contributed by atoms with E-state index in [0.717, 1.165) is 11.8 Å². The molecule has 0 aliphatic carbocycles. The van der Waals surface area contributed by atoms with E-state index in [1.807, 2.05) is 24.3 Å². The normalized spacial score (nSPS) is 10.1. The van der Waals surface area contributed by atoms with E-state index in [2.05, 4.69) is 34.7 Å². The third kappa shape index (κ3) is 2.04. The second kappa shape index (κ2) is 4.23. The molecule has 0 aliphatic rings. The quantitative estimate of drug-likeness (QED) is 0.608. The van der Waals surface area contributed by atoms with E-state index in [1.54, 1.807) is 11.3 Å².